The van der Waals surface area contributed by atoms with E-state index in [-0.39, 0.29) is 17.8 Å². The smallest absolute Gasteiger partial charge is 0.417 e. The van der Waals surface area contributed by atoms with Crippen LogP contribution in [0.3, 0.4) is 0 Å². The molecule has 2 aromatic rings. The van der Waals surface area contributed by atoms with Crippen molar-refractivity contribution in [2.45, 2.75) is 103 Å². The Morgan fingerprint density at radius 1 is 1.20 bits per heavy atom. The molecule has 2 saturated heterocycles. The molecule has 0 N–H and O–H groups in total. The maximum atomic E-state index is 13.7. The molecule has 0 saturated carbocycles. The van der Waals surface area contributed by atoms with Crippen LogP contribution in [0.1, 0.15) is 84.4 Å². The van der Waals surface area contributed by atoms with Crippen molar-refractivity contribution in [3.05, 3.63) is 47.2 Å². The molecule has 46 heavy (non-hydrogen) atoms. The van der Waals surface area contributed by atoms with Crippen molar-refractivity contribution < 1.29 is 32.2 Å². The first-order chi connectivity index (χ1) is 21.4. The number of ether oxygens (including phenoxy) is 2. The molecular formula is C33H42F3N5O4S. The lowest BCUT2D eigenvalue weighted by Gasteiger charge is -2.38. The highest BCUT2D eigenvalue weighted by Gasteiger charge is 2.52. The van der Waals surface area contributed by atoms with Gasteiger partial charge in [0.15, 0.2) is 5.50 Å². The van der Waals surface area contributed by atoms with Crippen LogP contribution in [0.4, 0.5) is 29.3 Å². The molecule has 250 valence electrons. The molecule has 2 amide bonds. The van der Waals surface area contributed by atoms with Crippen LogP contribution in [0.5, 0.6) is 5.88 Å². The van der Waals surface area contributed by atoms with Crippen LogP contribution in [0.2, 0.25) is 0 Å². The van der Waals surface area contributed by atoms with Gasteiger partial charge in [0.2, 0.25) is 5.88 Å². The third-order valence-electron chi connectivity index (χ3n) is 8.46. The first kappa shape index (κ1) is 35.2. The Bertz CT molecular complexity index is 1500. The summed E-state index contributed by atoms with van der Waals surface area (Å²) in [7, 11) is 0. The zero-order valence-electron chi connectivity index (χ0n) is 27.3. The van der Waals surface area contributed by atoms with Gasteiger partial charge in [-0.3, -0.25) is 9.69 Å². The number of aromatic nitrogens is 1. The molecule has 2 aliphatic rings. The number of nitriles is 1. The molecule has 0 spiro atoms. The predicted molar refractivity (Wildman–Crippen MR) is 172 cm³/mol. The molecule has 1 aromatic heterocycles. The van der Waals surface area contributed by atoms with Crippen molar-refractivity contribution >= 4 is 36.0 Å². The van der Waals surface area contributed by atoms with Crippen LogP contribution in [0.15, 0.2) is 30.5 Å². The van der Waals surface area contributed by atoms with Crippen LogP contribution in [0, 0.1) is 17.2 Å². The molecule has 13 heteroatoms. The number of thiol groups is 1. The van der Waals surface area contributed by atoms with Crippen molar-refractivity contribution in [2.75, 3.05) is 23.0 Å². The molecule has 2 aliphatic heterocycles. The zero-order chi connectivity index (χ0) is 34.2. The number of amides is 2. The third kappa shape index (κ3) is 7.32. The number of rotatable bonds is 7. The van der Waals surface area contributed by atoms with E-state index in [0.717, 1.165) is 37.0 Å². The third-order valence-corrected chi connectivity index (χ3v) is 8.92. The molecule has 0 bridgehead atoms. The lowest BCUT2D eigenvalue weighted by molar-refractivity contribution is -0.137. The molecule has 3 heterocycles. The van der Waals surface area contributed by atoms with Gasteiger partial charge in [-0.25, -0.2) is 9.78 Å². The molecule has 2 fully saturated rings. The molecule has 0 unspecified atom stereocenters. The lowest BCUT2D eigenvalue weighted by Crippen LogP contribution is -2.46. The van der Waals surface area contributed by atoms with E-state index in [1.807, 2.05) is 40.7 Å². The number of halogens is 3. The lowest BCUT2D eigenvalue weighted by atomic mass is 9.89. The number of likely N-dealkylation sites (tertiary alicyclic amines) is 1. The minimum Gasteiger partial charge on any atom is -0.477 e. The Morgan fingerprint density at radius 2 is 1.89 bits per heavy atom. The van der Waals surface area contributed by atoms with Crippen molar-refractivity contribution in [3.63, 3.8) is 0 Å². The number of benzene rings is 1. The number of hydrogen-bond acceptors (Lipinski definition) is 8. The molecular weight excluding hydrogens is 619 g/mol. The highest BCUT2D eigenvalue weighted by Crippen LogP contribution is 2.43. The SMILES string of the molecule is CCc1cc(N2[C@H](S)N(c3ccc(C#N)c(C(F)(F)F)c3)C(=O)C2(C)C)cnc1OCC[C@H]1CCN(C(=O)OC(C)(C)C)[C@@H](C)C1. The number of carbonyl (C=O) groups excluding carboxylic acids is 2. The van der Waals surface area contributed by atoms with Crippen molar-refractivity contribution in [3.8, 4) is 11.9 Å². The number of piperidine rings is 1. The van der Waals surface area contributed by atoms with Gasteiger partial charge in [-0.1, -0.05) is 6.92 Å². The van der Waals surface area contributed by atoms with E-state index in [1.54, 1.807) is 35.9 Å². The number of hydrogen-bond donors (Lipinski definition) is 1. The highest BCUT2D eigenvalue weighted by molar-refractivity contribution is 7.81. The van der Waals surface area contributed by atoms with E-state index in [0.29, 0.717) is 37.1 Å². The fourth-order valence-corrected chi connectivity index (χ4v) is 6.73. The van der Waals surface area contributed by atoms with Crippen molar-refractivity contribution in [1.82, 2.24) is 9.88 Å². The normalized spacial score (nSPS) is 21.7. The van der Waals surface area contributed by atoms with Crippen LogP contribution in [-0.4, -0.2) is 57.7 Å². The summed E-state index contributed by atoms with van der Waals surface area (Å²) < 4.78 is 52.7. The molecule has 9 nitrogen and oxygen atoms in total. The molecule has 1 aromatic carbocycles. The summed E-state index contributed by atoms with van der Waals surface area (Å²) in [6, 6.07) is 6.69. The van der Waals surface area contributed by atoms with E-state index in [2.05, 4.69) is 17.6 Å². The molecule has 4 rings (SSSR count). The van der Waals surface area contributed by atoms with Gasteiger partial charge in [0.1, 0.15) is 11.1 Å². The monoisotopic (exact) mass is 661 g/mol. The predicted octanol–water partition coefficient (Wildman–Crippen LogP) is 7.18. The van der Waals surface area contributed by atoms with Gasteiger partial charge >= 0.3 is 12.3 Å². The summed E-state index contributed by atoms with van der Waals surface area (Å²) in [6.07, 6.45) is -0.392. The van der Waals surface area contributed by atoms with E-state index in [4.69, 9.17) is 9.47 Å². The van der Waals surface area contributed by atoms with Gasteiger partial charge in [-0.2, -0.15) is 18.4 Å². The van der Waals surface area contributed by atoms with Crippen molar-refractivity contribution in [1.29, 1.82) is 5.26 Å². The minimum absolute atomic E-state index is 0.0122. The molecule has 0 aliphatic carbocycles. The van der Waals surface area contributed by atoms with Gasteiger partial charge < -0.3 is 19.3 Å². The van der Waals surface area contributed by atoms with E-state index < -0.39 is 39.8 Å². The number of carbonyl (C=O) groups is 2. The van der Waals surface area contributed by atoms with Gasteiger partial charge in [0, 0.05) is 23.8 Å². The summed E-state index contributed by atoms with van der Waals surface area (Å²) >= 11 is 4.68. The molecule has 0 radical (unpaired) electrons. The Morgan fingerprint density at radius 3 is 2.48 bits per heavy atom. The van der Waals surface area contributed by atoms with Crippen LogP contribution in [0.25, 0.3) is 0 Å². The summed E-state index contributed by atoms with van der Waals surface area (Å²) in [6.45, 7) is 14.0. The van der Waals surface area contributed by atoms with E-state index in [1.165, 1.54) is 11.0 Å². The summed E-state index contributed by atoms with van der Waals surface area (Å²) in [5, 5.41) is 9.19. The fourth-order valence-electron chi connectivity index (χ4n) is 6.07. The highest BCUT2D eigenvalue weighted by atomic mass is 32.1. The van der Waals surface area contributed by atoms with E-state index >= 15 is 0 Å². The summed E-state index contributed by atoms with van der Waals surface area (Å²) in [4.78, 5) is 35.4. The minimum atomic E-state index is -4.77. The number of pyridine rings is 1. The summed E-state index contributed by atoms with van der Waals surface area (Å²) in [5.41, 5.74) is -2.92. The Balaban J connectivity index is 1.46. The van der Waals surface area contributed by atoms with Crippen molar-refractivity contribution in [2.24, 2.45) is 5.92 Å². The Kier molecular flexibility index (Phi) is 10.1. The Labute approximate surface area is 274 Å². The summed E-state index contributed by atoms with van der Waals surface area (Å²) in [5.74, 6) is 0.407. The van der Waals surface area contributed by atoms with Gasteiger partial charge in [0.25, 0.3) is 5.91 Å². The number of nitrogens with zero attached hydrogens (tertiary/aromatic N) is 5. The number of anilines is 2. The van der Waals surface area contributed by atoms with Crippen LogP contribution < -0.4 is 14.5 Å². The largest absolute Gasteiger partial charge is 0.477 e. The maximum Gasteiger partial charge on any atom is 0.417 e. The quantitative estimate of drug-likeness (QED) is 0.314. The first-order valence-corrected chi connectivity index (χ1v) is 15.9. The molecule has 3 atom stereocenters. The van der Waals surface area contributed by atoms with Gasteiger partial charge in [-0.15, -0.1) is 12.6 Å². The second-order valence-corrected chi connectivity index (χ2v) is 13.8. The average molecular weight is 662 g/mol. The topological polar surface area (TPSA) is 99.0 Å². The number of alkyl halides is 3. The van der Waals surface area contributed by atoms with Gasteiger partial charge in [0.05, 0.1) is 35.7 Å². The van der Waals surface area contributed by atoms with E-state index in [9.17, 15) is 28.0 Å². The standard InChI is InChI=1S/C33H42F3N5O4S/c1-8-22-16-25(19-38-27(22)44-14-12-21-11-13-39(20(2)15-21)30(43)45-31(3,4)5)41-29(46)40(28(42)32(41,6)7)24-10-9-23(18-37)26(17-24)33(34,35)36/h9-10,16-17,19-21,29,46H,8,11-15H2,1-7H3/t20-,21+,29+/m0/s1. The Hall–Kier alpha value is -3.66. The second kappa shape index (κ2) is 13.2. The van der Waals surface area contributed by atoms with Crippen LogP contribution in [-0.2, 0) is 22.1 Å². The van der Waals surface area contributed by atoms with Crippen LogP contribution >= 0.6 is 12.6 Å². The fraction of sp³-hybridized carbons (Fsp3) is 0.576. The average Bonchev–Trinajstić information content (AvgIpc) is 3.14. The number of aryl methyl sites for hydroxylation is 1. The second-order valence-electron chi connectivity index (χ2n) is 13.4. The first-order valence-electron chi connectivity index (χ1n) is 15.4. The maximum absolute atomic E-state index is 13.7. The zero-order valence-corrected chi connectivity index (χ0v) is 28.2. The van der Waals surface area contributed by atoms with Gasteiger partial charge in [-0.05, 0) is 97.4 Å².